The molecule has 0 saturated carbocycles. The summed E-state index contributed by atoms with van der Waals surface area (Å²) in [5.74, 6) is 0. The van der Waals surface area contributed by atoms with Gasteiger partial charge in [-0.25, -0.2) is 9.59 Å². The Morgan fingerprint density at radius 1 is 0.373 bits per heavy atom. The van der Waals surface area contributed by atoms with Crippen molar-refractivity contribution in [3.63, 3.8) is 0 Å². The number of halogens is 1. The number of aromatic nitrogens is 1. The van der Waals surface area contributed by atoms with E-state index in [0.717, 1.165) is 49.2 Å². The van der Waals surface area contributed by atoms with Crippen molar-refractivity contribution in [3.05, 3.63) is 265 Å². The first-order valence-electron chi connectivity index (χ1n) is 25.5. The van der Waals surface area contributed by atoms with Gasteiger partial charge >= 0.3 is 11.3 Å². The van der Waals surface area contributed by atoms with Crippen molar-refractivity contribution in [1.82, 2.24) is 4.57 Å². The standard InChI is InChI=1S/C34H23NO2.C22H18.C13H7BrO2/c1-34(2)28-12-6-3-9-22(28)25-18-26-23-10-4-7-13-30(23)35(31(26)19-29(25)34)20-15-16-21-24-11-5-8-14-32(24)37-33(36)27(21)17-20;1-22(2)20-10-6-5-9-17(20)19-13-18-15(12-21(19)22)11-14-7-3-4-8-16(14)18;14-8-5-6-9-10-3-1-2-4-12(10)16-13(15)11(9)7-8/h3-19H,1-2H3;3-10,12-13H,11H2,1-2H3;1-7H. The molecule has 0 fully saturated rings. The van der Waals surface area contributed by atoms with Gasteiger partial charge in [-0.05, 0) is 139 Å². The lowest BCUT2D eigenvalue weighted by Gasteiger charge is -2.22. The van der Waals surface area contributed by atoms with Gasteiger partial charge in [-0.2, -0.15) is 0 Å². The Kier molecular flexibility index (Phi) is 10.0. The van der Waals surface area contributed by atoms with Crippen molar-refractivity contribution in [2.45, 2.75) is 44.9 Å². The van der Waals surface area contributed by atoms with Gasteiger partial charge in [0, 0.05) is 47.9 Å². The third-order valence-corrected chi connectivity index (χ3v) is 16.8. The molecule has 0 aliphatic heterocycles. The fourth-order valence-electron chi connectivity index (χ4n) is 12.6. The molecule has 5 nitrogen and oxygen atoms in total. The normalized spacial score (nSPS) is 13.9. The fourth-order valence-corrected chi connectivity index (χ4v) is 13.0. The Hall–Kier alpha value is -8.58. The predicted octanol–water partition coefficient (Wildman–Crippen LogP) is 17.6. The first-order valence-corrected chi connectivity index (χ1v) is 26.3. The highest BCUT2D eigenvalue weighted by Crippen LogP contribution is 2.53. The van der Waals surface area contributed by atoms with Crippen LogP contribution in [-0.2, 0) is 17.3 Å². The van der Waals surface area contributed by atoms with Gasteiger partial charge in [-0.15, -0.1) is 0 Å². The molecule has 10 aromatic carbocycles. The van der Waals surface area contributed by atoms with Crippen LogP contribution in [0.25, 0.3) is 104 Å². The summed E-state index contributed by atoms with van der Waals surface area (Å²) >= 11 is 3.35. The SMILES string of the molecule is CC1(C)c2ccccc2-c2cc3c(cc21)Cc1ccccc1-3.CC1(C)c2ccccc2-c2cc3c4ccccc4n(-c4ccc5c(c4)c(=O)oc4ccccc45)c3cc21.O=c1oc2ccccc2c2ccc(Br)cc12. The highest BCUT2D eigenvalue weighted by Gasteiger charge is 2.38. The molecule has 0 amide bonds. The lowest BCUT2D eigenvalue weighted by atomic mass is 9.81. The van der Waals surface area contributed by atoms with E-state index < -0.39 is 0 Å². The van der Waals surface area contributed by atoms with E-state index in [2.05, 4.69) is 182 Å². The number of hydrogen-bond acceptors (Lipinski definition) is 4. The zero-order valence-corrected chi connectivity index (χ0v) is 43.4. The Morgan fingerprint density at radius 3 is 1.56 bits per heavy atom. The smallest absolute Gasteiger partial charge is 0.344 e. The molecule has 0 bridgehead atoms. The molecule has 3 aromatic heterocycles. The van der Waals surface area contributed by atoms with Gasteiger partial charge in [-0.3, -0.25) is 0 Å². The zero-order valence-electron chi connectivity index (χ0n) is 41.8. The van der Waals surface area contributed by atoms with E-state index in [9.17, 15) is 9.59 Å². The Bertz CT molecular complexity index is 4700. The van der Waals surface area contributed by atoms with Gasteiger partial charge in [0.2, 0.25) is 0 Å². The van der Waals surface area contributed by atoms with Crippen LogP contribution in [0.3, 0.4) is 0 Å². The van der Waals surface area contributed by atoms with Crippen LogP contribution in [0.15, 0.2) is 229 Å². The lowest BCUT2D eigenvalue weighted by molar-refractivity contribution is 0.569. The minimum atomic E-state index is -0.311. The van der Waals surface area contributed by atoms with Crippen molar-refractivity contribution in [3.8, 4) is 39.1 Å². The zero-order chi connectivity index (χ0) is 50.9. The first-order chi connectivity index (χ1) is 36.4. The van der Waals surface area contributed by atoms with Crippen LogP contribution in [0.2, 0.25) is 0 Å². The summed E-state index contributed by atoms with van der Waals surface area (Å²) in [5, 5.41) is 7.36. The van der Waals surface area contributed by atoms with Crippen molar-refractivity contribution in [1.29, 1.82) is 0 Å². The summed E-state index contributed by atoms with van der Waals surface area (Å²) in [4.78, 5) is 24.8. The minimum absolute atomic E-state index is 0.0925. The van der Waals surface area contributed by atoms with Crippen LogP contribution < -0.4 is 11.3 Å². The molecule has 3 heterocycles. The summed E-state index contributed by atoms with van der Waals surface area (Å²) in [6.45, 7) is 9.32. The maximum Gasteiger partial charge on any atom is 0.344 e. The molecule has 3 aliphatic rings. The van der Waals surface area contributed by atoms with Crippen molar-refractivity contribution in [2.24, 2.45) is 0 Å². The average Bonchev–Trinajstić information content (AvgIpc) is 4.16. The predicted molar refractivity (Wildman–Crippen MR) is 312 cm³/mol. The number of hydrogen-bond donors (Lipinski definition) is 0. The van der Waals surface area contributed by atoms with Crippen LogP contribution in [0.4, 0.5) is 0 Å². The first kappa shape index (κ1) is 45.1. The molecule has 0 unspecified atom stereocenters. The van der Waals surface area contributed by atoms with Gasteiger partial charge in [0.1, 0.15) is 11.2 Å². The molecule has 6 heteroatoms. The molecule has 16 rings (SSSR count). The van der Waals surface area contributed by atoms with Crippen molar-refractivity contribution < 1.29 is 8.83 Å². The minimum Gasteiger partial charge on any atom is -0.422 e. The second-order valence-corrected chi connectivity index (χ2v) is 22.1. The molecule has 0 spiro atoms. The molecule has 0 radical (unpaired) electrons. The molecular formula is C69H48BrNO4. The van der Waals surface area contributed by atoms with Crippen molar-refractivity contribution in [2.75, 3.05) is 0 Å². The highest BCUT2D eigenvalue weighted by molar-refractivity contribution is 9.10. The van der Waals surface area contributed by atoms with Crippen molar-refractivity contribution >= 4 is 81.2 Å². The summed E-state index contributed by atoms with van der Waals surface area (Å²) in [6, 6.07) is 71.6. The van der Waals surface area contributed by atoms with Crippen LogP contribution >= 0.6 is 15.9 Å². The van der Waals surface area contributed by atoms with E-state index in [4.69, 9.17) is 8.83 Å². The van der Waals surface area contributed by atoms with E-state index in [1.165, 1.54) is 77.5 Å². The number of fused-ring (bicyclic) bond motifs is 18. The average molecular weight is 1040 g/mol. The quantitative estimate of drug-likeness (QED) is 0.121. The van der Waals surface area contributed by atoms with Crippen LogP contribution in [0.5, 0.6) is 0 Å². The molecule has 0 saturated heterocycles. The molecule has 0 N–H and O–H groups in total. The highest BCUT2D eigenvalue weighted by atomic mass is 79.9. The monoisotopic (exact) mass is 1030 g/mol. The van der Waals surface area contributed by atoms with Gasteiger partial charge in [0.05, 0.1) is 21.8 Å². The molecule has 0 atom stereocenters. The maximum absolute atomic E-state index is 13.0. The summed E-state index contributed by atoms with van der Waals surface area (Å²) < 4.78 is 14.1. The fraction of sp³-hybridized carbons (Fsp3) is 0.101. The van der Waals surface area contributed by atoms with Gasteiger partial charge in [0.15, 0.2) is 0 Å². The number of benzene rings is 10. The number of para-hydroxylation sites is 3. The van der Waals surface area contributed by atoms with Crippen LogP contribution in [0.1, 0.15) is 61.1 Å². The van der Waals surface area contributed by atoms with E-state index in [1.54, 1.807) is 12.1 Å². The van der Waals surface area contributed by atoms with E-state index >= 15 is 0 Å². The third-order valence-electron chi connectivity index (χ3n) is 16.3. The molecule has 3 aliphatic carbocycles. The van der Waals surface area contributed by atoms with E-state index in [0.29, 0.717) is 21.9 Å². The van der Waals surface area contributed by atoms with Gasteiger partial charge < -0.3 is 13.4 Å². The Labute approximate surface area is 441 Å². The van der Waals surface area contributed by atoms with Crippen LogP contribution in [0, 0.1) is 0 Å². The summed E-state index contributed by atoms with van der Waals surface area (Å²) in [6.07, 6.45) is 1.07. The third kappa shape index (κ3) is 6.89. The molecule has 360 valence electrons. The van der Waals surface area contributed by atoms with E-state index in [-0.39, 0.29) is 22.1 Å². The van der Waals surface area contributed by atoms with E-state index in [1.807, 2.05) is 60.7 Å². The lowest BCUT2D eigenvalue weighted by Crippen LogP contribution is -2.15. The maximum atomic E-state index is 13.0. The molecular weight excluding hydrogens is 987 g/mol. The number of nitrogens with zero attached hydrogens (tertiary/aromatic N) is 1. The van der Waals surface area contributed by atoms with Gasteiger partial charge in [-0.1, -0.05) is 189 Å². The second kappa shape index (κ2) is 16.7. The topological polar surface area (TPSA) is 65.3 Å². The molecule has 13 aromatic rings. The van der Waals surface area contributed by atoms with Gasteiger partial charge in [0.25, 0.3) is 0 Å². The Balaban J connectivity index is 0.000000115. The molecule has 75 heavy (non-hydrogen) atoms. The van der Waals surface area contributed by atoms with Crippen LogP contribution in [-0.4, -0.2) is 4.57 Å². The summed E-state index contributed by atoms with van der Waals surface area (Å²) in [7, 11) is 0. The Morgan fingerprint density at radius 2 is 0.893 bits per heavy atom. The second-order valence-electron chi connectivity index (χ2n) is 21.2. The number of rotatable bonds is 1. The summed E-state index contributed by atoms with van der Waals surface area (Å²) in [5.41, 5.74) is 20.8. The largest absolute Gasteiger partial charge is 0.422 e.